The number of esters is 1. The van der Waals surface area contributed by atoms with E-state index >= 15 is 4.39 Å². The number of anilines is 1. The van der Waals surface area contributed by atoms with Crippen LogP contribution in [0.1, 0.15) is 79.9 Å². The molecule has 0 spiro atoms. The number of thiophene rings is 1. The minimum absolute atomic E-state index is 0.00408. The Morgan fingerprint density at radius 1 is 1.00 bits per heavy atom. The summed E-state index contributed by atoms with van der Waals surface area (Å²) < 4.78 is 42.6. The number of carbonyl (C=O) groups excluding carboxylic acids is 4. The summed E-state index contributed by atoms with van der Waals surface area (Å²) in [7, 11) is -4.44. The maximum Gasteiger partial charge on any atom is 0.355 e. The van der Waals surface area contributed by atoms with Gasteiger partial charge in [-0.25, -0.2) is 9.48 Å². The summed E-state index contributed by atoms with van der Waals surface area (Å²) in [6.45, 7) is 4.92. The van der Waals surface area contributed by atoms with E-state index in [9.17, 15) is 23.7 Å². The molecule has 3 amide bonds. The molecule has 4 aliphatic heterocycles. The molecule has 316 valence electrons. The molecule has 0 bridgehead atoms. The van der Waals surface area contributed by atoms with Gasteiger partial charge in [0.25, 0.3) is 5.91 Å². The Labute approximate surface area is 352 Å². The second-order valence-corrected chi connectivity index (χ2v) is 20.0. The number of nitrogens with zero attached hydrogens (tertiary/aromatic N) is 4. The monoisotopic (exact) mass is 856 g/mol. The average molecular weight is 857 g/mol. The van der Waals surface area contributed by atoms with Gasteiger partial charge >= 0.3 is 13.5 Å². The van der Waals surface area contributed by atoms with Crippen molar-refractivity contribution < 1.29 is 37.4 Å². The predicted molar refractivity (Wildman–Crippen MR) is 225 cm³/mol. The van der Waals surface area contributed by atoms with Crippen LogP contribution in [0.2, 0.25) is 0 Å². The summed E-state index contributed by atoms with van der Waals surface area (Å²) in [6.07, 6.45) is 8.87. The van der Waals surface area contributed by atoms with E-state index < -0.39 is 43.4 Å². The van der Waals surface area contributed by atoms with Crippen molar-refractivity contribution in [3.05, 3.63) is 89.6 Å². The summed E-state index contributed by atoms with van der Waals surface area (Å²) in [5.41, 5.74) is 1.10. The molecule has 2 unspecified atom stereocenters. The van der Waals surface area contributed by atoms with E-state index in [1.807, 2.05) is 35.1 Å². The number of aromatic nitrogens is 1. The Bertz CT molecular complexity index is 2320. The zero-order valence-electron chi connectivity index (χ0n) is 33.7. The predicted octanol–water partition coefficient (Wildman–Crippen LogP) is 6.85. The Kier molecular flexibility index (Phi) is 11.2. The zero-order valence-corrected chi connectivity index (χ0v) is 35.4. The Morgan fingerprint density at radius 3 is 2.60 bits per heavy atom. The van der Waals surface area contributed by atoms with Crippen LogP contribution >= 0.6 is 18.9 Å². The molecular weight excluding hydrogens is 807 g/mol. The normalized spacial score (nSPS) is 27.6. The minimum Gasteiger partial charge on any atom is -0.465 e. The number of fused-ring (bicyclic) bond motifs is 4. The number of carbonyl (C=O) groups is 4. The summed E-state index contributed by atoms with van der Waals surface area (Å²) >= 11 is 1.21. The molecule has 2 N–H and O–H groups in total. The highest BCUT2D eigenvalue weighted by atomic mass is 32.1. The van der Waals surface area contributed by atoms with Crippen molar-refractivity contribution in [3.63, 3.8) is 0 Å². The molecular formula is C44H50FN6O7PS. The Hall–Kier alpha value is -4.85. The second-order valence-electron chi connectivity index (χ2n) is 16.8. The topological polar surface area (TPSA) is 150 Å². The van der Waals surface area contributed by atoms with E-state index in [0.29, 0.717) is 52.6 Å². The van der Waals surface area contributed by atoms with E-state index in [1.165, 1.54) is 30.4 Å². The molecule has 6 heterocycles. The van der Waals surface area contributed by atoms with E-state index in [1.54, 1.807) is 48.7 Å². The first kappa shape index (κ1) is 40.6. The van der Waals surface area contributed by atoms with Crippen LogP contribution in [0.15, 0.2) is 79.1 Å². The number of hydrogen-bond acceptors (Lipinski definition) is 10. The lowest BCUT2D eigenvalue weighted by molar-refractivity contribution is -0.152. The number of halogens is 1. The van der Waals surface area contributed by atoms with Gasteiger partial charge in [-0.1, -0.05) is 31.2 Å². The van der Waals surface area contributed by atoms with Crippen LogP contribution in [0.4, 0.5) is 10.1 Å². The van der Waals surface area contributed by atoms with E-state index in [0.717, 1.165) is 37.9 Å². The molecule has 4 saturated heterocycles. The zero-order chi connectivity index (χ0) is 41.7. The number of pyridine rings is 1. The number of alkyl halides is 1. The second kappa shape index (κ2) is 16.5. The number of ether oxygens (including phenoxy) is 1. The van der Waals surface area contributed by atoms with Gasteiger partial charge in [0.2, 0.25) is 17.7 Å². The van der Waals surface area contributed by atoms with Crippen molar-refractivity contribution in [1.29, 1.82) is 0 Å². The molecule has 1 saturated carbocycles. The fourth-order valence-electron chi connectivity index (χ4n) is 9.71. The fraction of sp³-hybridized carbons (Fsp3) is 0.477. The number of hydrogen-bond donors (Lipinski definition) is 2. The van der Waals surface area contributed by atoms with Crippen molar-refractivity contribution in [2.24, 2.45) is 11.8 Å². The number of likely N-dealkylation sites (tertiary alicyclic amines) is 1. The SMILES string of the molecule is CCCOC(=O)[C@@H](C)NP(=O)(Oc1ccccc1)C(F)c1ccc2sc(C(=O)N[C@H]3C[C@@H]4C[C@@H]4C[C@H]4CC[C@@H](C(=O)N5C[C@@H]6[C@H]5CCN6c5cccnc5)N4C3=O)cc2c1. The van der Waals surface area contributed by atoms with Crippen molar-refractivity contribution in [2.75, 3.05) is 24.6 Å². The molecule has 2 aromatic carbocycles. The lowest BCUT2D eigenvalue weighted by atomic mass is 9.95. The van der Waals surface area contributed by atoms with Gasteiger partial charge < -0.3 is 29.3 Å². The molecule has 60 heavy (non-hydrogen) atoms. The quantitative estimate of drug-likeness (QED) is 0.108. The summed E-state index contributed by atoms with van der Waals surface area (Å²) in [4.78, 5) is 66.1. The van der Waals surface area contributed by atoms with Crippen LogP contribution in [-0.4, -0.2) is 94.4 Å². The Balaban J connectivity index is 0.902. The molecule has 5 fully saturated rings. The molecule has 0 radical (unpaired) electrons. The highest BCUT2D eigenvalue weighted by Crippen LogP contribution is 2.58. The lowest BCUT2D eigenvalue weighted by Gasteiger charge is -2.49. The summed E-state index contributed by atoms with van der Waals surface area (Å²) in [6, 6.07) is 16.3. The first-order valence-electron chi connectivity index (χ1n) is 21.1. The van der Waals surface area contributed by atoms with Gasteiger partial charge in [0.15, 0.2) is 0 Å². The summed E-state index contributed by atoms with van der Waals surface area (Å²) in [5.74, 6) is -2.51. The average Bonchev–Trinajstić information content (AvgIpc) is 3.51. The molecule has 13 nitrogen and oxygen atoms in total. The first-order chi connectivity index (χ1) is 29.0. The Morgan fingerprint density at radius 2 is 1.82 bits per heavy atom. The molecule has 4 aromatic rings. The van der Waals surface area contributed by atoms with Gasteiger partial charge in [0, 0.05) is 30.0 Å². The summed E-state index contributed by atoms with van der Waals surface area (Å²) in [5, 5.41) is 6.19. The lowest BCUT2D eigenvalue weighted by Crippen LogP contribution is -2.67. The van der Waals surface area contributed by atoms with Gasteiger partial charge in [0.05, 0.1) is 35.5 Å². The molecule has 1 aliphatic carbocycles. The fourth-order valence-corrected chi connectivity index (χ4v) is 12.6. The standard InChI is InChI=1S/C44H50FN6O7PS/c1-3-18-57-44(55)26(2)48-59(56,58-33-9-5-4-6-10-33)40(45)27-11-14-38-30(19-27)23-39(60-38)41(52)47-34-22-29-20-28(29)21-31-12-13-36(51(31)42(34)53)43(54)50-25-37-35(50)15-17-49(37)32-8-7-16-46-24-32/h4-11,14,16,19,23-24,26,28-29,31,34-37,40H,3,12-13,15,17-18,20-22,25H2,1-2H3,(H,47,52)(H,48,56)/t26-,28-,29+,31-,34+,35-,36+,37-,40?,59?/m1/s1. The van der Waals surface area contributed by atoms with Gasteiger partial charge in [-0.05, 0) is 117 Å². The van der Waals surface area contributed by atoms with Gasteiger partial charge in [0.1, 0.15) is 23.9 Å². The number of benzene rings is 2. The third kappa shape index (κ3) is 7.80. The van der Waals surface area contributed by atoms with Crippen LogP contribution < -0.4 is 19.8 Å². The molecule has 5 aliphatic rings. The highest BCUT2D eigenvalue weighted by Gasteiger charge is 2.55. The third-order valence-corrected chi connectivity index (χ3v) is 16.1. The van der Waals surface area contributed by atoms with Crippen LogP contribution in [0, 0.1) is 11.8 Å². The van der Waals surface area contributed by atoms with Crippen molar-refractivity contribution in [3.8, 4) is 5.75 Å². The minimum atomic E-state index is -4.44. The van der Waals surface area contributed by atoms with Crippen LogP contribution in [-0.2, 0) is 23.7 Å². The maximum atomic E-state index is 16.6. The van der Waals surface area contributed by atoms with E-state index in [4.69, 9.17) is 9.26 Å². The van der Waals surface area contributed by atoms with Gasteiger partial charge in [-0.3, -0.25) is 28.7 Å². The van der Waals surface area contributed by atoms with Crippen molar-refractivity contribution >= 4 is 58.3 Å². The van der Waals surface area contributed by atoms with Crippen LogP contribution in [0.5, 0.6) is 5.75 Å². The molecule has 10 atom stereocenters. The van der Waals surface area contributed by atoms with Crippen molar-refractivity contribution in [2.45, 2.75) is 101 Å². The van der Waals surface area contributed by atoms with E-state index in [-0.39, 0.29) is 47.9 Å². The number of rotatable bonds is 13. The first-order valence-corrected chi connectivity index (χ1v) is 23.6. The number of nitrogens with one attached hydrogen (secondary N) is 2. The van der Waals surface area contributed by atoms with Gasteiger partial charge in [-0.15, -0.1) is 11.3 Å². The number of para-hydroxylation sites is 1. The third-order valence-electron chi connectivity index (χ3n) is 12.9. The van der Waals surface area contributed by atoms with E-state index in [2.05, 4.69) is 20.3 Å². The highest BCUT2D eigenvalue weighted by molar-refractivity contribution is 7.57. The van der Waals surface area contributed by atoms with Crippen molar-refractivity contribution in [1.82, 2.24) is 25.2 Å². The maximum absolute atomic E-state index is 16.6. The van der Waals surface area contributed by atoms with Crippen LogP contribution in [0.25, 0.3) is 10.1 Å². The number of amides is 3. The smallest absolute Gasteiger partial charge is 0.355 e. The van der Waals surface area contributed by atoms with Crippen LogP contribution in [0.3, 0.4) is 0 Å². The molecule has 2 aromatic heterocycles. The van der Waals surface area contributed by atoms with Gasteiger partial charge in [-0.2, -0.15) is 0 Å². The largest absolute Gasteiger partial charge is 0.465 e. The molecule has 9 rings (SSSR count). The molecule has 16 heteroatoms.